The van der Waals surface area contributed by atoms with Gasteiger partial charge in [-0.2, -0.15) is 4.91 Å². The molecule has 0 fully saturated rings. The van der Waals surface area contributed by atoms with Gasteiger partial charge in [-0.3, -0.25) is 0 Å². The van der Waals surface area contributed by atoms with Gasteiger partial charge in [0.15, 0.2) is 4.75 Å². The normalized spacial score (nSPS) is 3.20. The summed E-state index contributed by atoms with van der Waals surface area (Å²) in [7, 11) is 0. The van der Waals surface area contributed by atoms with Crippen LogP contribution in [0.3, 0.4) is 0 Å². The van der Waals surface area contributed by atoms with Gasteiger partial charge in [0.05, 0.1) is 0 Å². The summed E-state index contributed by atoms with van der Waals surface area (Å²) in [5.41, 5.74) is 4.50. The molecule has 0 spiro atoms. The first-order chi connectivity index (χ1) is 2.41. The molecule has 0 aromatic rings. The molecule has 0 aliphatic carbocycles. The van der Waals surface area contributed by atoms with Crippen molar-refractivity contribution < 1.29 is 5.26 Å². The van der Waals surface area contributed by atoms with Crippen LogP contribution >= 0.6 is 0 Å². The van der Waals surface area contributed by atoms with E-state index in [-0.39, 0.29) is 0 Å². The van der Waals surface area contributed by atoms with Crippen molar-refractivity contribution in [1.29, 1.82) is 5.59 Å². The second kappa shape index (κ2) is 0. The van der Waals surface area contributed by atoms with E-state index in [2.05, 4.69) is 5.59 Å². The van der Waals surface area contributed by atoms with E-state index < -0.39 is 0 Å². The molecule has 0 aromatic heterocycles. The second-order valence-corrected chi connectivity index (χ2v) is 0.0680. The van der Waals surface area contributed by atoms with Crippen molar-refractivity contribution in [2.24, 2.45) is 0 Å². The first kappa shape index (κ1) is 9.00. The molecule has 0 aliphatic rings. The zero-order valence-electron chi connectivity index (χ0n) is 2.13. The number of hydrogen-bond donors (Lipinski definition) is 1. The van der Waals surface area contributed by atoms with Crippen molar-refractivity contribution in [3.8, 4) is 0 Å². The minimum atomic E-state index is 1.75. The Hall–Kier alpha value is -1.00. The summed E-state index contributed by atoms with van der Waals surface area (Å²) in [6.45, 7) is 0. The third-order valence-electron chi connectivity index (χ3n) is 0. The number of nitroso groups, excluding NO2 is 1. The van der Waals surface area contributed by atoms with Gasteiger partial charge in [-0.1, -0.05) is 15.8 Å². The Labute approximate surface area is 26.8 Å². The summed E-state index contributed by atoms with van der Waals surface area (Å²) >= 11 is 0. The fourth-order valence-corrected chi connectivity index (χ4v) is 0. The van der Waals surface area contributed by atoms with Gasteiger partial charge in [-0.25, -0.2) is 0 Å². The number of hydrogen-bond acceptors (Lipinski definition) is 4. The summed E-state index contributed by atoms with van der Waals surface area (Å²) in [5.74, 6) is 0. The lowest BCUT2D eigenvalue weighted by atomic mass is 13.8. The van der Waals surface area contributed by atoms with Gasteiger partial charge >= 0.3 is 0 Å². The zero-order chi connectivity index (χ0) is 4.71. The highest BCUT2D eigenvalue weighted by molar-refractivity contribution is 4.20. The Balaban J connectivity index is 0. The van der Waals surface area contributed by atoms with Gasteiger partial charge < -0.3 is 0 Å². The molecule has 0 aliphatic heterocycles. The predicted molar refractivity (Wildman–Crippen MR) is 12.8 cm³/mol. The van der Waals surface area contributed by atoms with Gasteiger partial charge in [-0.05, 0) is 0 Å². The number of rotatable bonds is 0. The Bertz CT molecular complexity index is 17.6. The van der Waals surface area contributed by atoms with Crippen LogP contribution in [-0.4, -0.2) is 0 Å². The van der Waals surface area contributed by atoms with Crippen LogP contribution in [-0.2, 0) is 0 Å². The van der Waals surface area contributed by atoms with Gasteiger partial charge in [0.2, 0.25) is 0 Å². The molecule has 0 rings (SSSR count). The molecule has 0 saturated heterocycles. The SMILES string of the molecule is N=O.O=[O+][O-]. The Morgan fingerprint density at radius 2 is 1.60 bits per heavy atom. The highest BCUT2D eigenvalue weighted by Gasteiger charge is 1.27. The van der Waals surface area contributed by atoms with Crippen molar-refractivity contribution in [2.45, 2.75) is 0 Å². The average molecular weight is 79.0 g/mol. The van der Waals surface area contributed by atoms with Crippen molar-refractivity contribution in [3.05, 3.63) is 14.6 Å². The van der Waals surface area contributed by atoms with E-state index in [0.717, 1.165) is 0 Å². The second-order valence-electron chi connectivity index (χ2n) is 0.0680. The third-order valence-corrected chi connectivity index (χ3v) is 0. The highest BCUT2D eigenvalue weighted by Crippen LogP contribution is 1.00. The van der Waals surface area contributed by atoms with Crippen molar-refractivity contribution in [3.63, 3.8) is 0 Å². The summed E-state index contributed by atoms with van der Waals surface area (Å²) in [5, 5.41) is 7.88. The highest BCUT2D eigenvalue weighted by atomic mass is 17.2. The minimum absolute atomic E-state index is 1.75. The van der Waals surface area contributed by atoms with E-state index >= 15 is 0 Å². The van der Waals surface area contributed by atoms with E-state index in [4.69, 9.17) is 15.1 Å². The van der Waals surface area contributed by atoms with Crippen LogP contribution in [0.4, 0.5) is 0 Å². The van der Waals surface area contributed by atoms with Crippen molar-refractivity contribution >= 4 is 0 Å². The van der Waals surface area contributed by atoms with Crippen LogP contribution in [0.15, 0.2) is 0 Å². The number of nitrogens with one attached hydrogen (secondary N) is 1. The molecule has 0 heterocycles. The monoisotopic (exact) mass is 79.0 g/mol. The molecule has 0 amide bonds. The predicted octanol–water partition coefficient (Wildman–Crippen LogP) is -0.790. The molecule has 5 nitrogen and oxygen atoms in total. The van der Waals surface area contributed by atoms with Crippen LogP contribution in [0.2, 0.25) is 0 Å². The first-order valence-electron chi connectivity index (χ1n) is 0.537. The van der Waals surface area contributed by atoms with Crippen LogP contribution in [0, 0.1) is 20.2 Å². The maximum Gasteiger partial charge on any atom is 0.154 e. The molecule has 0 unspecified atom stereocenters. The quantitative estimate of drug-likeness (QED) is 0.178. The molecule has 30 valence electrons. The summed E-state index contributed by atoms with van der Waals surface area (Å²) in [6, 6.07) is 0. The smallest absolute Gasteiger partial charge is 0.154 e. The summed E-state index contributed by atoms with van der Waals surface area (Å²) < 4.78 is 1.75. The maximum atomic E-state index is 7.88. The van der Waals surface area contributed by atoms with Gasteiger partial charge in [-0.15, -0.1) is 0 Å². The van der Waals surface area contributed by atoms with Gasteiger partial charge in [0, 0.05) is 0 Å². The molecule has 0 saturated carbocycles. The minimum Gasteiger partial charge on any atom is -0.154 e. The lowest BCUT2D eigenvalue weighted by molar-refractivity contribution is -0.284. The lowest BCUT2D eigenvalue weighted by Gasteiger charge is -1.19. The maximum absolute atomic E-state index is 7.88. The molecule has 5 heteroatoms. The molecule has 0 bridgehead atoms. The largest absolute Gasteiger partial charge is 0.154 e. The van der Waals surface area contributed by atoms with E-state index in [1.807, 2.05) is 0 Å². The lowest BCUT2D eigenvalue weighted by Crippen LogP contribution is -1.82. The van der Waals surface area contributed by atoms with E-state index in [1.54, 1.807) is 4.75 Å². The molecule has 0 radical (unpaired) electrons. The summed E-state index contributed by atoms with van der Waals surface area (Å²) in [6.07, 6.45) is 0. The van der Waals surface area contributed by atoms with Crippen molar-refractivity contribution in [1.82, 2.24) is 0 Å². The van der Waals surface area contributed by atoms with Gasteiger partial charge in [0.25, 0.3) is 0 Å². The standard InChI is InChI=1S/HNO.O3/c1-2;1-3-2/h1H;. The average Bonchev–Trinajstić information content (AvgIpc) is 1.46. The van der Waals surface area contributed by atoms with E-state index in [0.29, 0.717) is 0 Å². The fourth-order valence-electron chi connectivity index (χ4n) is 0. The topological polar surface area (TPSA) is 92.4 Å². The molecular weight excluding hydrogens is 78.0 g/mol. The molecule has 0 aromatic carbocycles. The molecule has 1 N–H and O–H groups in total. The Morgan fingerprint density at radius 1 is 1.60 bits per heavy atom. The zero-order valence-corrected chi connectivity index (χ0v) is 2.13. The van der Waals surface area contributed by atoms with Crippen LogP contribution in [0.25, 0.3) is 0 Å². The fraction of sp³-hybridized carbons (Fsp3) is 0. The van der Waals surface area contributed by atoms with E-state index in [9.17, 15) is 0 Å². The van der Waals surface area contributed by atoms with Crippen molar-refractivity contribution in [2.75, 3.05) is 0 Å². The third kappa shape index (κ3) is 3.00. The molecule has 5 heavy (non-hydrogen) atoms. The van der Waals surface area contributed by atoms with E-state index in [1.165, 1.54) is 0 Å². The van der Waals surface area contributed by atoms with Crippen LogP contribution in [0.5, 0.6) is 0 Å². The van der Waals surface area contributed by atoms with Crippen LogP contribution < -0.4 is 5.26 Å². The summed E-state index contributed by atoms with van der Waals surface area (Å²) in [4.78, 5) is 15.4. The Kier molecular flexibility index (Phi) is 0. The molecular formula is HNO4. The van der Waals surface area contributed by atoms with Gasteiger partial charge in [0.1, 0.15) is 0 Å². The molecule has 0 atom stereocenters. The Morgan fingerprint density at radius 3 is 1.60 bits per heavy atom. The first-order valence-corrected chi connectivity index (χ1v) is 0.537. The van der Waals surface area contributed by atoms with Crippen LogP contribution in [0.1, 0.15) is 0 Å².